The maximum atomic E-state index is 12.7. The highest BCUT2D eigenvalue weighted by Crippen LogP contribution is 2.22. The lowest BCUT2D eigenvalue weighted by molar-refractivity contribution is 0.102. The van der Waals surface area contributed by atoms with Crippen LogP contribution < -0.4 is 5.32 Å². The molecule has 0 aliphatic heterocycles. The largest absolute Gasteiger partial charge is 0.317 e. The van der Waals surface area contributed by atoms with Gasteiger partial charge in [0.2, 0.25) is 0 Å². The molecular weight excluding hydrogens is 298 g/mol. The molecule has 0 atom stereocenters. The number of carbonyl (C=O) groups excluding carboxylic acids is 1. The topological polar surface area (TPSA) is 64.2 Å². The molecule has 0 radical (unpaired) electrons. The van der Waals surface area contributed by atoms with Crippen molar-refractivity contribution in [3.8, 4) is 0 Å². The van der Waals surface area contributed by atoms with Crippen LogP contribution in [-0.4, -0.2) is 25.1 Å². The first kappa shape index (κ1) is 14.8. The molecule has 1 N–H and O–H groups in total. The summed E-state index contributed by atoms with van der Waals surface area (Å²) in [6.07, 6.45) is 2.88. The Balaban J connectivity index is 1.95. The van der Waals surface area contributed by atoms with Gasteiger partial charge in [-0.2, -0.15) is 5.10 Å². The van der Waals surface area contributed by atoms with Crippen molar-refractivity contribution < 1.29 is 4.79 Å². The van der Waals surface area contributed by atoms with Crippen molar-refractivity contribution in [1.82, 2.24) is 19.2 Å². The highest BCUT2D eigenvalue weighted by molar-refractivity contribution is 7.15. The van der Waals surface area contributed by atoms with Gasteiger partial charge in [-0.15, -0.1) is 11.3 Å². The molecule has 3 heterocycles. The average Bonchev–Trinajstić information content (AvgIpc) is 3.08. The number of thiazole rings is 1. The van der Waals surface area contributed by atoms with Gasteiger partial charge in [-0.1, -0.05) is 6.92 Å². The van der Waals surface area contributed by atoms with Crippen molar-refractivity contribution in [2.75, 3.05) is 5.32 Å². The van der Waals surface area contributed by atoms with Crippen molar-refractivity contribution in [1.29, 1.82) is 0 Å². The zero-order valence-electron chi connectivity index (χ0n) is 13.2. The molecule has 0 spiro atoms. The quantitative estimate of drug-likeness (QED) is 0.804. The van der Waals surface area contributed by atoms with Gasteiger partial charge in [0.25, 0.3) is 5.91 Å². The summed E-state index contributed by atoms with van der Waals surface area (Å²) >= 11 is 1.52. The summed E-state index contributed by atoms with van der Waals surface area (Å²) in [5.74, 6) is -0.148. The zero-order chi connectivity index (χ0) is 15.9. The van der Waals surface area contributed by atoms with E-state index in [9.17, 15) is 4.79 Å². The van der Waals surface area contributed by atoms with E-state index in [1.54, 1.807) is 0 Å². The first-order valence-corrected chi connectivity index (χ1v) is 8.18. The minimum atomic E-state index is -0.148. The summed E-state index contributed by atoms with van der Waals surface area (Å²) < 4.78 is 3.77. The Labute approximate surface area is 132 Å². The lowest BCUT2D eigenvalue weighted by Gasteiger charge is -2.06. The van der Waals surface area contributed by atoms with Gasteiger partial charge < -0.3 is 5.32 Å². The Kier molecular flexibility index (Phi) is 3.74. The Morgan fingerprint density at radius 3 is 2.82 bits per heavy atom. The van der Waals surface area contributed by atoms with Crippen molar-refractivity contribution in [3.63, 3.8) is 0 Å². The predicted molar refractivity (Wildman–Crippen MR) is 87.8 cm³/mol. The SMILES string of the molecule is CCCn1nc(C)c(NC(=O)c2c(C)nc3sccn23)c1C. The Bertz CT molecular complexity index is 842. The summed E-state index contributed by atoms with van der Waals surface area (Å²) in [4.78, 5) is 17.9. The van der Waals surface area contributed by atoms with Crippen LogP contribution in [0.5, 0.6) is 0 Å². The molecule has 0 aliphatic rings. The lowest BCUT2D eigenvalue weighted by Crippen LogP contribution is -2.16. The summed E-state index contributed by atoms with van der Waals surface area (Å²) in [5, 5.41) is 9.42. The maximum Gasteiger partial charge on any atom is 0.274 e. The van der Waals surface area contributed by atoms with Crippen LogP contribution in [0.3, 0.4) is 0 Å². The number of hydrogen-bond donors (Lipinski definition) is 1. The van der Waals surface area contributed by atoms with E-state index in [2.05, 4.69) is 22.3 Å². The number of aryl methyl sites for hydroxylation is 3. The van der Waals surface area contributed by atoms with Crippen molar-refractivity contribution in [3.05, 3.63) is 34.4 Å². The molecule has 0 unspecified atom stereocenters. The van der Waals surface area contributed by atoms with E-state index in [0.717, 1.165) is 40.7 Å². The van der Waals surface area contributed by atoms with Crippen molar-refractivity contribution in [2.45, 2.75) is 40.7 Å². The predicted octanol–water partition coefficient (Wildman–Crippen LogP) is 3.18. The number of fused-ring (bicyclic) bond motifs is 1. The Morgan fingerprint density at radius 2 is 2.09 bits per heavy atom. The van der Waals surface area contributed by atoms with Gasteiger partial charge in [-0.05, 0) is 27.2 Å². The number of nitrogens with zero attached hydrogens (tertiary/aromatic N) is 4. The van der Waals surface area contributed by atoms with Gasteiger partial charge in [0.05, 0.1) is 22.8 Å². The Morgan fingerprint density at radius 1 is 1.32 bits per heavy atom. The van der Waals surface area contributed by atoms with E-state index >= 15 is 0 Å². The van der Waals surface area contributed by atoms with Crippen LogP contribution in [0.15, 0.2) is 11.6 Å². The van der Waals surface area contributed by atoms with E-state index in [0.29, 0.717) is 5.69 Å². The van der Waals surface area contributed by atoms with Gasteiger partial charge >= 0.3 is 0 Å². The third kappa shape index (κ3) is 2.31. The molecule has 0 saturated heterocycles. The molecule has 3 rings (SSSR count). The fourth-order valence-corrected chi connectivity index (χ4v) is 3.41. The third-order valence-electron chi connectivity index (χ3n) is 3.71. The molecule has 3 aromatic heterocycles. The van der Waals surface area contributed by atoms with Crippen LogP contribution in [-0.2, 0) is 6.54 Å². The molecular formula is C15H19N5OS. The number of hydrogen-bond acceptors (Lipinski definition) is 4. The second-order valence-corrected chi connectivity index (χ2v) is 6.20. The van der Waals surface area contributed by atoms with E-state index in [1.807, 2.05) is 41.4 Å². The standard InChI is InChI=1S/C15H19N5OS/c1-5-6-20-11(4)12(9(2)18-20)17-14(21)13-10(3)16-15-19(13)7-8-22-15/h7-8H,5-6H2,1-4H3,(H,17,21). The highest BCUT2D eigenvalue weighted by atomic mass is 32.1. The zero-order valence-corrected chi connectivity index (χ0v) is 14.0. The molecule has 3 aromatic rings. The normalized spacial score (nSPS) is 11.3. The molecule has 1 amide bonds. The minimum Gasteiger partial charge on any atom is -0.317 e. The summed E-state index contributed by atoms with van der Waals surface area (Å²) in [6, 6.07) is 0. The number of amides is 1. The number of rotatable bonds is 4. The molecule has 0 aliphatic carbocycles. The van der Waals surface area contributed by atoms with Crippen LogP contribution in [0, 0.1) is 20.8 Å². The molecule has 116 valence electrons. The monoisotopic (exact) mass is 317 g/mol. The Hall–Kier alpha value is -2.15. The summed E-state index contributed by atoms with van der Waals surface area (Å²) in [5.41, 5.74) is 3.93. The molecule has 22 heavy (non-hydrogen) atoms. The van der Waals surface area contributed by atoms with Crippen LogP contribution >= 0.6 is 11.3 Å². The average molecular weight is 317 g/mol. The van der Waals surface area contributed by atoms with Gasteiger partial charge in [0, 0.05) is 18.1 Å². The third-order valence-corrected chi connectivity index (χ3v) is 4.46. The second-order valence-electron chi connectivity index (χ2n) is 5.32. The molecule has 6 nitrogen and oxygen atoms in total. The van der Waals surface area contributed by atoms with Crippen LogP contribution in [0.1, 0.15) is 40.9 Å². The first-order chi connectivity index (χ1) is 10.5. The summed E-state index contributed by atoms with van der Waals surface area (Å²) in [6.45, 7) is 8.71. The van der Waals surface area contributed by atoms with Crippen LogP contribution in [0.2, 0.25) is 0 Å². The van der Waals surface area contributed by atoms with Gasteiger partial charge in [-0.3, -0.25) is 13.9 Å². The van der Waals surface area contributed by atoms with Crippen molar-refractivity contribution >= 4 is 27.9 Å². The number of carbonyl (C=O) groups is 1. The van der Waals surface area contributed by atoms with E-state index < -0.39 is 0 Å². The van der Waals surface area contributed by atoms with Crippen LogP contribution in [0.25, 0.3) is 4.96 Å². The molecule has 7 heteroatoms. The van der Waals surface area contributed by atoms with E-state index in [-0.39, 0.29) is 5.91 Å². The highest BCUT2D eigenvalue weighted by Gasteiger charge is 2.20. The van der Waals surface area contributed by atoms with E-state index in [4.69, 9.17) is 0 Å². The number of imidazole rings is 1. The molecule has 0 saturated carbocycles. The fourth-order valence-electron chi connectivity index (χ4n) is 2.65. The first-order valence-electron chi connectivity index (χ1n) is 7.30. The minimum absolute atomic E-state index is 0.148. The second kappa shape index (κ2) is 5.57. The van der Waals surface area contributed by atoms with Crippen LogP contribution in [0.4, 0.5) is 5.69 Å². The van der Waals surface area contributed by atoms with Gasteiger partial charge in [-0.25, -0.2) is 4.98 Å². The summed E-state index contributed by atoms with van der Waals surface area (Å²) in [7, 11) is 0. The van der Waals surface area contributed by atoms with Gasteiger partial charge in [0.15, 0.2) is 4.96 Å². The lowest BCUT2D eigenvalue weighted by atomic mass is 10.2. The molecule has 0 aromatic carbocycles. The van der Waals surface area contributed by atoms with Gasteiger partial charge in [0.1, 0.15) is 5.69 Å². The fraction of sp³-hybridized carbons (Fsp3) is 0.400. The molecule has 0 fully saturated rings. The smallest absolute Gasteiger partial charge is 0.274 e. The molecule has 0 bridgehead atoms. The van der Waals surface area contributed by atoms with E-state index in [1.165, 1.54) is 11.3 Å². The maximum absolute atomic E-state index is 12.7. The number of aromatic nitrogens is 4. The van der Waals surface area contributed by atoms with Crippen molar-refractivity contribution in [2.24, 2.45) is 0 Å². The number of anilines is 1. The number of nitrogens with one attached hydrogen (secondary N) is 1.